The van der Waals surface area contributed by atoms with E-state index in [-0.39, 0.29) is 5.60 Å². The molecule has 2 heterocycles. The summed E-state index contributed by atoms with van der Waals surface area (Å²) in [7, 11) is 2.00. The molecule has 96 valence electrons. The van der Waals surface area contributed by atoms with Crippen LogP contribution in [0.3, 0.4) is 0 Å². The van der Waals surface area contributed by atoms with Crippen LogP contribution in [0.1, 0.15) is 38.1 Å². The Hall–Kier alpha value is -0.870. The van der Waals surface area contributed by atoms with Crippen LogP contribution in [-0.2, 0) is 18.3 Å². The minimum absolute atomic E-state index is 0.0122. The molecular formula is C13H23N3O. The number of ether oxygens (including phenoxy) is 1. The van der Waals surface area contributed by atoms with E-state index in [1.165, 1.54) is 5.69 Å². The fourth-order valence-electron chi connectivity index (χ4n) is 2.48. The minimum atomic E-state index is 0.0122. The highest BCUT2D eigenvalue weighted by molar-refractivity contribution is 5.08. The molecule has 1 unspecified atom stereocenters. The highest BCUT2D eigenvalue weighted by atomic mass is 16.5. The van der Waals surface area contributed by atoms with Crippen LogP contribution < -0.4 is 5.32 Å². The van der Waals surface area contributed by atoms with Crippen LogP contribution in [0.2, 0.25) is 0 Å². The fourth-order valence-corrected chi connectivity index (χ4v) is 2.48. The van der Waals surface area contributed by atoms with Gasteiger partial charge in [0, 0.05) is 26.2 Å². The molecule has 0 saturated carbocycles. The van der Waals surface area contributed by atoms with Gasteiger partial charge in [0.25, 0.3) is 0 Å². The third-order valence-electron chi connectivity index (χ3n) is 3.37. The molecular weight excluding hydrogens is 214 g/mol. The summed E-state index contributed by atoms with van der Waals surface area (Å²) < 4.78 is 7.67. The van der Waals surface area contributed by atoms with Gasteiger partial charge < -0.3 is 10.1 Å². The fraction of sp³-hybridized carbons (Fsp3) is 0.769. The van der Waals surface area contributed by atoms with Crippen LogP contribution in [0.5, 0.6) is 0 Å². The molecule has 1 N–H and O–H groups in total. The first-order chi connectivity index (χ1) is 7.96. The van der Waals surface area contributed by atoms with E-state index in [0.29, 0.717) is 6.04 Å². The van der Waals surface area contributed by atoms with Crippen molar-refractivity contribution in [3.63, 3.8) is 0 Å². The molecule has 0 bridgehead atoms. The summed E-state index contributed by atoms with van der Waals surface area (Å²) in [6.07, 6.45) is 2.17. The van der Waals surface area contributed by atoms with Crippen LogP contribution in [0.15, 0.2) is 6.07 Å². The van der Waals surface area contributed by atoms with Crippen LogP contribution in [-0.4, -0.2) is 28.0 Å². The van der Waals surface area contributed by atoms with Crippen molar-refractivity contribution in [2.24, 2.45) is 7.05 Å². The van der Waals surface area contributed by atoms with Gasteiger partial charge in [-0.15, -0.1) is 0 Å². The molecule has 1 aromatic heterocycles. The molecule has 0 amide bonds. The second-order valence-electron chi connectivity index (χ2n) is 5.58. The average Bonchev–Trinajstić information content (AvgIpc) is 2.53. The quantitative estimate of drug-likeness (QED) is 0.871. The van der Waals surface area contributed by atoms with Gasteiger partial charge in [-0.1, -0.05) is 0 Å². The van der Waals surface area contributed by atoms with Gasteiger partial charge in [-0.2, -0.15) is 5.10 Å². The van der Waals surface area contributed by atoms with E-state index in [1.54, 1.807) is 0 Å². The number of hydrogen-bond acceptors (Lipinski definition) is 3. The number of aryl methyl sites for hydroxylation is 2. The lowest BCUT2D eigenvalue weighted by atomic mass is 9.94. The van der Waals surface area contributed by atoms with Crippen molar-refractivity contribution < 1.29 is 4.74 Å². The Bertz CT molecular complexity index is 384. The number of hydrogen-bond donors (Lipinski definition) is 1. The number of nitrogens with one attached hydrogen (secondary N) is 1. The highest BCUT2D eigenvalue weighted by Crippen LogP contribution is 2.24. The number of aromatic nitrogens is 2. The third kappa shape index (κ3) is 3.30. The Morgan fingerprint density at radius 1 is 1.59 bits per heavy atom. The molecule has 1 fully saturated rings. The largest absolute Gasteiger partial charge is 0.375 e. The van der Waals surface area contributed by atoms with Gasteiger partial charge in [0.1, 0.15) is 0 Å². The molecule has 1 aromatic rings. The van der Waals surface area contributed by atoms with Crippen molar-refractivity contribution in [3.8, 4) is 0 Å². The van der Waals surface area contributed by atoms with Gasteiger partial charge >= 0.3 is 0 Å². The smallest absolute Gasteiger partial charge is 0.0641 e. The Morgan fingerprint density at radius 2 is 2.35 bits per heavy atom. The van der Waals surface area contributed by atoms with Crippen LogP contribution in [0.4, 0.5) is 0 Å². The maximum Gasteiger partial charge on any atom is 0.0641 e. The summed E-state index contributed by atoms with van der Waals surface area (Å²) in [5.41, 5.74) is 2.33. The predicted octanol–water partition coefficient (Wildman–Crippen LogP) is 1.78. The summed E-state index contributed by atoms with van der Waals surface area (Å²) in [4.78, 5) is 0. The zero-order valence-electron chi connectivity index (χ0n) is 11.3. The lowest BCUT2D eigenvalue weighted by Gasteiger charge is -2.36. The summed E-state index contributed by atoms with van der Waals surface area (Å²) in [6.45, 7) is 8.10. The third-order valence-corrected chi connectivity index (χ3v) is 3.37. The summed E-state index contributed by atoms with van der Waals surface area (Å²) in [6, 6.07) is 2.69. The zero-order chi connectivity index (χ0) is 12.5. The van der Waals surface area contributed by atoms with E-state index in [1.807, 2.05) is 18.7 Å². The topological polar surface area (TPSA) is 39.1 Å². The van der Waals surface area contributed by atoms with Crippen molar-refractivity contribution in [1.29, 1.82) is 0 Å². The van der Waals surface area contributed by atoms with Gasteiger partial charge in [0.2, 0.25) is 0 Å². The van der Waals surface area contributed by atoms with Gasteiger partial charge in [0.05, 0.1) is 17.0 Å². The SMILES string of the molecule is Cc1cc(CNC2CCOC(C)(C)C2)n(C)n1. The molecule has 0 aromatic carbocycles. The molecule has 0 spiro atoms. The molecule has 1 atom stereocenters. The van der Waals surface area contributed by atoms with Gasteiger partial charge in [-0.3, -0.25) is 4.68 Å². The summed E-state index contributed by atoms with van der Waals surface area (Å²) >= 11 is 0. The van der Waals surface area contributed by atoms with E-state index < -0.39 is 0 Å². The molecule has 1 saturated heterocycles. The average molecular weight is 237 g/mol. The van der Waals surface area contributed by atoms with Crippen LogP contribution in [0, 0.1) is 6.92 Å². The lowest BCUT2D eigenvalue weighted by molar-refractivity contribution is -0.0631. The van der Waals surface area contributed by atoms with Crippen molar-refractivity contribution >= 4 is 0 Å². The first-order valence-corrected chi connectivity index (χ1v) is 6.33. The van der Waals surface area contributed by atoms with Crippen molar-refractivity contribution in [2.45, 2.75) is 51.8 Å². The Labute approximate surface area is 103 Å². The monoisotopic (exact) mass is 237 g/mol. The minimum Gasteiger partial charge on any atom is -0.375 e. The standard InChI is InChI=1S/C13H23N3O/c1-10-7-12(16(4)15-10)9-14-11-5-6-17-13(2,3)8-11/h7,11,14H,5-6,8-9H2,1-4H3. The van der Waals surface area contributed by atoms with Crippen molar-refractivity contribution in [3.05, 3.63) is 17.5 Å². The first kappa shape index (κ1) is 12.6. The van der Waals surface area contributed by atoms with Crippen molar-refractivity contribution in [2.75, 3.05) is 6.61 Å². The van der Waals surface area contributed by atoms with E-state index in [0.717, 1.165) is 31.7 Å². The molecule has 0 radical (unpaired) electrons. The zero-order valence-corrected chi connectivity index (χ0v) is 11.3. The molecule has 4 heteroatoms. The molecule has 0 aliphatic carbocycles. The summed E-state index contributed by atoms with van der Waals surface area (Å²) in [5.74, 6) is 0. The second-order valence-corrected chi connectivity index (χ2v) is 5.58. The Balaban J connectivity index is 1.88. The predicted molar refractivity (Wildman–Crippen MR) is 67.8 cm³/mol. The molecule has 2 rings (SSSR count). The summed E-state index contributed by atoms with van der Waals surface area (Å²) in [5, 5.41) is 7.96. The number of rotatable bonds is 3. The van der Waals surface area contributed by atoms with Gasteiger partial charge in [-0.25, -0.2) is 0 Å². The first-order valence-electron chi connectivity index (χ1n) is 6.33. The van der Waals surface area contributed by atoms with E-state index in [9.17, 15) is 0 Å². The van der Waals surface area contributed by atoms with Crippen LogP contribution >= 0.6 is 0 Å². The normalized spacial score (nSPS) is 23.9. The maximum absolute atomic E-state index is 5.72. The van der Waals surface area contributed by atoms with E-state index in [4.69, 9.17) is 4.74 Å². The Kier molecular flexibility index (Phi) is 3.54. The molecule has 1 aliphatic heterocycles. The molecule has 4 nitrogen and oxygen atoms in total. The number of nitrogens with zero attached hydrogens (tertiary/aromatic N) is 2. The van der Waals surface area contributed by atoms with E-state index in [2.05, 4.69) is 30.3 Å². The lowest BCUT2D eigenvalue weighted by Crippen LogP contribution is -2.43. The highest BCUT2D eigenvalue weighted by Gasteiger charge is 2.28. The van der Waals surface area contributed by atoms with E-state index >= 15 is 0 Å². The van der Waals surface area contributed by atoms with Gasteiger partial charge in [-0.05, 0) is 39.7 Å². The second kappa shape index (κ2) is 4.78. The Morgan fingerprint density at radius 3 is 2.94 bits per heavy atom. The van der Waals surface area contributed by atoms with Crippen LogP contribution in [0.25, 0.3) is 0 Å². The molecule has 1 aliphatic rings. The molecule has 17 heavy (non-hydrogen) atoms. The van der Waals surface area contributed by atoms with Gasteiger partial charge in [0.15, 0.2) is 0 Å². The van der Waals surface area contributed by atoms with Crippen molar-refractivity contribution in [1.82, 2.24) is 15.1 Å². The maximum atomic E-state index is 5.72.